The molecule has 0 atom stereocenters. The molecule has 0 saturated carbocycles. The molecule has 0 aliphatic carbocycles. The lowest BCUT2D eigenvalue weighted by Crippen LogP contribution is -2.38. The highest BCUT2D eigenvalue weighted by Crippen LogP contribution is 2.11. The van der Waals surface area contributed by atoms with E-state index >= 15 is 0 Å². The van der Waals surface area contributed by atoms with E-state index in [0.717, 1.165) is 24.6 Å². The highest BCUT2D eigenvalue weighted by molar-refractivity contribution is 7.90. The Kier molecular flexibility index (Phi) is 6.58. The van der Waals surface area contributed by atoms with Gasteiger partial charge in [0.15, 0.2) is 15.8 Å². The smallest absolute Gasteiger partial charge is 0.194 e. The van der Waals surface area contributed by atoms with Gasteiger partial charge in [0.1, 0.15) is 0 Å². The predicted molar refractivity (Wildman–Crippen MR) is 102 cm³/mol. The van der Waals surface area contributed by atoms with Crippen molar-refractivity contribution in [3.63, 3.8) is 0 Å². The van der Waals surface area contributed by atoms with Crippen LogP contribution in [0.15, 0.2) is 64.5 Å². The number of aliphatic imine (C=N–C) groups is 1. The number of hydrogen-bond donors (Lipinski definition) is 1. The summed E-state index contributed by atoms with van der Waals surface area (Å²) in [6, 6.07) is 17.1. The van der Waals surface area contributed by atoms with Crippen LogP contribution in [0, 0.1) is 0 Å². The van der Waals surface area contributed by atoms with Crippen molar-refractivity contribution in [2.24, 2.45) is 4.99 Å². The van der Waals surface area contributed by atoms with Crippen molar-refractivity contribution in [1.82, 2.24) is 10.2 Å². The van der Waals surface area contributed by atoms with Gasteiger partial charge in [0.25, 0.3) is 0 Å². The molecular formula is C19H25N3O2S. The number of sulfone groups is 1. The highest BCUT2D eigenvalue weighted by atomic mass is 32.2. The molecule has 0 unspecified atom stereocenters. The Morgan fingerprint density at radius 3 is 2.24 bits per heavy atom. The number of guanidine groups is 1. The third-order valence-corrected chi connectivity index (χ3v) is 4.85. The Bertz CT molecular complexity index is 800. The molecule has 5 nitrogen and oxygen atoms in total. The molecule has 0 fully saturated rings. The summed E-state index contributed by atoms with van der Waals surface area (Å²) in [6.07, 6.45) is 1.21. The SMILES string of the molecule is CCNC(=NCc1ccc(S(C)(=O)=O)cc1)N(C)Cc1ccccc1. The van der Waals surface area contributed by atoms with Crippen LogP contribution >= 0.6 is 0 Å². The number of hydrogen-bond acceptors (Lipinski definition) is 3. The molecule has 25 heavy (non-hydrogen) atoms. The van der Waals surface area contributed by atoms with Crippen LogP contribution in [0.25, 0.3) is 0 Å². The van der Waals surface area contributed by atoms with Crippen LogP contribution in [0.2, 0.25) is 0 Å². The molecule has 0 saturated heterocycles. The second-order valence-electron chi connectivity index (χ2n) is 5.93. The van der Waals surface area contributed by atoms with Gasteiger partial charge in [-0.3, -0.25) is 0 Å². The molecule has 0 heterocycles. The molecule has 0 spiro atoms. The van der Waals surface area contributed by atoms with Crippen LogP contribution in [0.5, 0.6) is 0 Å². The summed E-state index contributed by atoms with van der Waals surface area (Å²) < 4.78 is 23.0. The lowest BCUT2D eigenvalue weighted by molar-refractivity contribution is 0.477. The van der Waals surface area contributed by atoms with E-state index < -0.39 is 9.84 Å². The van der Waals surface area contributed by atoms with Gasteiger partial charge in [0.05, 0.1) is 11.4 Å². The maximum absolute atomic E-state index is 11.5. The first kappa shape index (κ1) is 19.0. The first-order chi connectivity index (χ1) is 11.9. The minimum absolute atomic E-state index is 0.327. The van der Waals surface area contributed by atoms with Crippen LogP contribution in [-0.4, -0.2) is 39.1 Å². The summed E-state index contributed by atoms with van der Waals surface area (Å²) in [5.41, 5.74) is 2.18. The van der Waals surface area contributed by atoms with Crippen molar-refractivity contribution < 1.29 is 8.42 Å². The van der Waals surface area contributed by atoms with Gasteiger partial charge in [-0.05, 0) is 30.2 Å². The van der Waals surface area contributed by atoms with Gasteiger partial charge in [0, 0.05) is 26.4 Å². The number of benzene rings is 2. The van der Waals surface area contributed by atoms with Gasteiger partial charge in [-0.15, -0.1) is 0 Å². The van der Waals surface area contributed by atoms with Gasteiger partial charge in [-0.25, -0.2) is 13.4 Å². The average Bonchev–Trinajstić information content (AvgIpc) is 2.59. The molecule has 0 amide bonds. The third-order valence-electron chi connectivity index (χ3n) is 3.72. The van der Waals surface area contributed by atoms with Crippen molar-refractivity contribution in [3.8, 4) is 0 Å². The molecule has 1 N–H and O–H groups in total. The van der Waals surface area contributed by atoms with Crippen LogP contribution in [0.1, 0.15) is 18.1 Å². The highest BCUT2D eigenvalue weighted by Gasteiger charge is 2.08. The zero-order valence-corrected chi connectivity index (χ0v) is 15.8. The van der Waals surface area contributed by atoms with Gasteiger partial charge in [0.2, 0.25) is 0 Å². The Balaban J connectivity index is 2.08. The van der Waals surface area contributed by atoms with Gasteiger partial charge < -0.3 is 10.2 Å². The maximum Gasteiger partial charge on any atom is 0.194 e. The van der Waals surface area contributed by atoms with E-state index in [1.807, 2.05) is 32.2 Å². The fourth-order valence-corrected chi connectivity index (χ4v) is 3.04. The molecule has 6 heteroatoms. The van der Waals surface area contributed by atoms with Crippen molar-refractivity contribution in [2.45, 2.75) is 24.9 Å². The molecule has 0 aliphatic rings. The largest absolute Gasteiger partial charge is 0.357 e. The fourth-order valence-electron chi connectivity index (χ4n) is 2.41. The standard InChI is InChI=1S/C19H25N3O2S/c1-4-20-19(22(2)15-17-8-6-5-7-9-17)21-14-16-10-12-18(13-11-16)25(3,23)24/h5-13H,4,14-15H2,1-3H3,(H,20,21). The van der Waals surface area contributed by atoms with Crippen LogP contribution in [0.4, 0.5) is 0 Å². The van der Waals surface area contributed by atoms with Crippen LogP contribution in [-0.2, 0) is 22.9 Å². The van der Waals surface area contributed by atoms with Gasteiger partial charge in [-0.2, -0.15) is 0 Å². The lowest BCUT2D eigenvalue weighted by Gasteiger charge is -2.22. The van der Waals surface area contributed by atoms with Crippen molar-refractivity contribution in [3.05, 3.63) is 65.7 Å². The van der Waals surface area contributed by atoms with E-state index in [1.165, 1.54) is 11.8 Å². The Hall–Kier alpha value is -2.34. The molecule has 2 aromatic rings. The summed E-state index contributed by atoms with van der Waals surface area (Å²) >= 11 is 0. The Labute approximate surface area is 150 Å². The van der Waals surface area contributed by atoms with Gasteiger partial charge in [-0.1, -0.05) is 42.5 Å². The first-order valence-electron chi connectivity index (χ1n) is 8.22. The molecule has 0 radical (unpaired) electrons. The maximum atomic E-state index is 11.5. The van der Waals surface area contributed by atoms with Gasteiger partial charge >= 0.3 is 0 Å². The average molecular weight is 359 g/mol. The second-order valence-corrected chi connectivity index (χ2v) is 7.94. The normalized spacial score (nSPS) is 12.0. The van der Waals surface area contributed by atoms with E-state index in [-0.39, 0.29) is 0 Å². The first-order valence-corrected chi connectivity index (χ1v) is 10.1. The zero-order valence-electron chi connectivity index (χ0n) is 14.9. The number of rotatable bonds is 6. The lowest BCUT2D eigenvalue weighted by atomic mass is 10.2. The fraction of sp³-hybridized carbons (Fsp3) is 0.316. The number of nitrogens with zero attached hydrogens (tertiary/aromatic N) is 2. The topological polar surface area (TPSA) is 61.8 Å². The van der Waals surface area contributed by atoms with E-state index in [4.69, 9.17) is 0 Å². The monoisotopic (exact) mass is 359 g/mol. The minimum atomic E-state index is -3.16. The van der Waals surface area contributed by atoms with E-state index in [9.17, 15) is 8.42 Å². The predicted octanol–water partition coefficient (Wildman–Crippen LogP) is 2.69. The van der Waals surface area contributed by atoms with Crippen LogP contribution in [0.3, 0.4) is 0 Å². The second kappa shape index (κ2) is 8.67. The van der Waals surface area contributed by atoms with E-state index in [2.05, 4.69) is 27.3 Å². The van der Waals surface area contributed by atoms with Crippen molar-refractivity contribution in [2.75, 3.05) is 19.8 Å². The molecule has 0 aromatic heterocycles. The summed E-state index contributed by atoms with van der Waals surface area (Å²) in [7, 11) is -1.16. The zero-order chi connectivity index (χ0) is 18.3. The van der Waals surface area contributed by atoms with Crippen LogP contribution < -0.4 is 5.32 Å². The number of nitrogens with one attached hydrogen (secondary N) is 1. The molecule has 2 aromatic carbocycles. The molecule has 2 rings (SSSR count). The summed E-state index contributed by atoms with van der Waals surface area (Å²) in [5.74, 6) is 0.818. The summed E-state index contributed by atoms with van der Waals surface area (Å²) in [5, 5.41) is 3.29. The van der Waals surface area contributed by atoms with Crippen molar-refractivity contribution >= 4 is 15.8 Å². The quantitative estimate of drug-likeness (QED) is 0.636. The Morgan fingerprint density at radius 1 is 1.04 bits per heavy atom. The minimum Gasteiger partial charge on any atom is -0.357 e. The summed E-state index contributed by atoms with van der Waals surface area (Å²) in [4.78, 5) is 7.05. The van der Waals surface area contributed by atoms with E-state index in [0.29, 0.717) is 11.4 Å². The molecule has 0 aliphatic heterocycles. The molecule has 0 bridgehead atoms. The Morgan fingerprint density at radius 2 is 1.68 bits per heavy atom. The third kappa shape index (κ3) is 5.90. The molecule has 134 valence electrons. The van der Waals surface area contributed by atoms with Crippen molar-refractivity contribution in [1.29, 1.82) is 0 Å². The summed E-state index contributed by atoms with van der Waals surface area (Å²) in [6.45, 7) is 4.07. The van der Waals surface area contributed by atoms with E-state index in [1.54, 1.807) is 24.3 Å². The molecular weight excluding hydrogens is 334 g/mol.